The number of rotatable bonds is 3. The van der Waals surface area contributed by atoms with Crippen molar-refractivity contribution >= 4 is 5.91 Å². The summed E-state index contributed by atoms with van der Waals surface area (Å²) in [4.78, 5) is 41.3. The number of morpholine rings is 1. The van der Waals surface area contributed by atoms with E-state index in [1.165, 1.54) is 0 Å². The van der Waals surface area contributed by atoms with Crippen molar-refractivity contribution in [3.05, 3.63) is 32.1 Å². The monoisotopic (exact) mass is 281 g/mol. The fraction of sp³-hybridized carbons (Fsp3) is 0.615. The number of hydrogen-bond donors (Lipinski definition) is 2. The Balaban J connectivity index is 2.00. The molecule has 0 radical (unpaired) electrons. The van der Waals surface area contributed by atoms with Crippen molar-refractivity contribution in [3.63, 3.8) is 0 Å². The van der Waals surface area contributed by atoms with Crippen LogP contribution < -0.4 is 11.2 Å². The molecular formula is C13H19N3O4. The Hall–Kier alpha value is -1.89. The molecule has 2 heterocycles. The van der Waals surface area contributed by atoms with Gasteiger partial charge in [0.2, 0.25) is 5.91 Å². The van der Waals surface area contributed by atoms with Gasteiger partial charge in [-0.05, 0) is 20.3 Å². The lowest BCUT2D eigenvalue weighted by Gasteiger charge is -2.31. The highest BCUT2D eigenvalue weighted by Gasteiger charge is 2.21. The average molecular weight is 281 g/mol. The molecule has 1 fully saturated rings. The first-order valence-electron chi connectivity index (χ1n) is 6.69. The van der Waals surface area contributed by atoms with E-state index in [4.69, 9.17) is 4.74 Å². The number of hydrogen-bond acceptors (Lipinski definition) is 4. The highest BCUT2D eigenvalue weighted by atomic mass is 16.5. The molecular weight excluding hydrogens is 262 g/mol. The number of nitrogens with one attached hydrogen (secondary N) is 2. The number of carbonyl (C=O) groups is 1. The number of aromatic amines is 2. The first-order chi connectivity index (χ1) is 9.47. The summed E-state index contributed by atoms with van der Waals surface area (Å²) in [5.41, 5.74) is 0.0279. The Morgan fingerprint density at radius 2 is 2.15 bits per heavy atom. The van der Waals surface area contributed by atoms with Gasteiger partial charge >= 0.3 is 5.69 Å². The van der Waals surface area contributed by atoms with Crippen molar-refractivity contribution in [3.8, 4) is 0 Å². The fourth-order valence-corrected chi connectivity index (χ4v) is 2.36. The maximum atomic E-state index is 12.1. The lowest BCUT2D eigenvalue weighted by molar-refractivity contribution is -0.138. The van der Waals surface area contributed by atoms with E-state index in [0.29, 0.717) is 37.4 Å². The zero-order valence-corrected chi connectivity index (χ0v) is 11.7. The second-order valence-corrected chi connectivity index (χ2v) is 5.03. The molecule has 0 aliphatic carbocycles. The van der Waals surface area contributed by atoms with Crippen LogP contribution in [0.15, 0.2) is 9.59 Å². The van der Waals surface area contributed by atoms with Gasteiger partial charge in [0.1, 0.15) is 0 Å². The number of aromatic nitrogens is 2. The molecule has 7 heteroatoms. The van der Waals surface area contributed by atoms with E-state index in [1.54, 1.807) is 11.8 Å². The second-order valence-electron chi connectivity index (χ2n) is 5.03. The van der Waals surface area contributed by atoms with Gasteiger partial charge in [0, 0.05) is 30.8 Å². The maximum Gasteiger partial charge on any atom is 0.325 e. The summed E-state index contributed by atoms with van der Waals surface area (Å²) in [5, 5.41) is 0. The van der Waals surface area contributed by atoms with Crippen molar-refractivity contribution in [1.29, 1.82) is 0 Å². The minimum absolute atomic E-state index is 0.00477. The van der Waals surface area contributed by atoms with Gasteiger partial charge in [0.15, 0.2) is 0 Å². The smallest absolute Gasteiger partial charge is 0.325 e. The summed E-state index contributed by atoms with van der Waals surface area (Å²) < 4.78 is 5.38. The normalized spacial score (nSPS) is 19.1. The highest BCUT2D eigenvalue weighted by Crippen LogP contribution is 2.08. The van der Waals surface area contributed by atoms with Crippen LogP contribution in [-0.4, -0.2) is 46.6 Å². The second kappa shape index (κ2) is 6.04. The summed E-state index contributed by atoms with van der Waals surface area (Å²) in [5.74, 6) is 0.00477. The van der Waals surface area contributed by atoms with Crippen LogP contribution >= 0.6 is 0 Å². The molecule has 0 saturated carbocycles. The molecule has 1 aromatic heterocycles. The van der Waals surface area contributed by atoms with E-state index in [9.17, 15) is 14.4 Å². The number of ether oxygens (including phenoxy) is 1. The Morgan fingerprint density at radius 3 is 2.80 bits per heavy atom. The number of aryl methyl sites for hydroxylation is 1. The Kier molecular flexibility index (Phi) is 4.39. The molecule has 0 aromatic carbocycles. The number of H-pyrrole nitrogens is 2. The van der Waals surface area contributed by atoms with Crippen molar-refractivity contribution in [2.75, 3.05) is 19.7 Å². The molecule has 1 saturated heterocycles. The van der Waals surface area contributed by atoms with Crippen molar-refractivity contribution < 1.29 is 9.53 Å². The zero-order chi connectivity index (χ0) is 14.7. The SMILES string of the molecule is Cc1[nH]c(=O)[nH]c(=O)c1CCC(=O)N1CCOC(C)C1. The Bertz CT molecular complexity index is 604. The zero-order valence-electron chi connectivity index (χ0n) is 11.7. The van der Waals surface area contributed by atoms with Crippen LogP contribution in [0.25, 0.3) is 0 Å². The lowest BCUT2D eigenvalue weighted by Crippen LogP contribution is -2.44. The lowest BCUT2D eigenvalue weighted by atomic mass is 10.1. The van der Waals surface area contributed by atoms with Gasteiger partial charge in [-0.25, -0.2) is 4.79 Å². The molecule has 1 aliphatic rings. The maximum absolute atomic E-state index is 12.1. The molecule has 1 atom stereocenters. The molecule has 2 N–H and O–H groups in total. The van der Waals surface area contributed by atoms with Crippen molar-refractivity contribution in [2.45, 2.75) is 32.8 Å². The third kappa shape index (κ3) is 3.36. The van der Waals surface area contributed by atoms with Crippen LogP contribution in [0.1, 0.15) is 24.6 Å². The van der Waals surface area contributed by atoms with Crippen LogP contribution in [0, 0.1) is 6.92 Å². The summed E-state index contributed by atoms with van der Waals surface area (Å²) in [6.07, 6.45) is 0.622. The number of carbonyl (C=O) groups excluding carboxylic acids is 1. The van der Waals surface area contributed by atoms with Gasteiger partial charge in [-0.2, -0.15) is 0 Å². The van der Waals surface area contributed by atoms with E-state index in [0.717, 1.165) is 0 Å². The molecule has 20 heavy (non-hydrogen) atoms. The predicted octanol–water partition coefficient (Wildman–Crippen LogP) is -0.448. The topological polar surface area (TPSA) is 95.3 Å². The minimum atomic E-state index is -0.524. The molecule has 7 nitrogen and oxygen atoms in total. The Morgan fingerprint density at radius 1 is 1.40 bits per heavy atom. The van der Waals surface area contributed by atoms with E-state index < -0.39 is 11.2 Å². The van der Waals surface area contributed by atoms with Crippen LogP contribution in [0.2, 0.25) is 0 Å². The van der Waals surface area contributed by atoms with E-state index in [1.807, 2.05) is 6.92 Å². The summed E-state index contributed by atoms with van der Waals surface area (Å²) >= 11 is 0. The first kappa shape index (κ1) is 14.5. The standard InChI is InChI=1S/C13H19N3O4/c1-8-7-16(5-6-20-8)11(17)4-3-10-9(2)14-13(19)15-12(10)18/h8H,3-7H2,1-2H3,(H2,14,15,18,19). The van der Waals surface area contributed by atoms with Crippen molar-refractivity contribution in [2.24, 2.45) is 0 Å². The van der Waals surface area contributed by atoms with Crippen LogP contribution in [0.4, 0.5) is 0 Å². The first-order valence-corrected chi connectivity index (χ1v) is 6.69. The third-order valence-corrected chi connectivity index (χ3v) is 3.44. The molecule has 2 rings (SSSR count). The van der Waals surface area contributed by atoms with Crippen LogP contribution in [-0.2, 0) is 16.0 Å². The molecule has 1 aliphatic heterocycles. The summed E-state index contributed by atoms with van der Waals surface area (Å²) in [7, 11) is 0. The largest absolute Gasteiger partial charge is 0.375 e. The van der Waals surface area contributed by atoms with Gasteiger partial charge in [-0.1, -0.05) is 0 Å². The van der Waals surface area contributed by atoms with E-state index >= 15 is 0 Å². The van der Waals surface area contributed by atoms with Gasteiger partial charge in [0.05, 0.1) is 12.7 Å². The summed E-state index contributed by atoms with van der Waals surface area (Å²) in [6, 6.07) is 0. The average Bonchev–Trinajstić information content (AvgIpc) is 2.37. The number of amides is 1. The molecule has 0 spiro atoms. The van der Waals surface area contributed by atoms with Gasteiger partial charge in [-0.15, -0.1) is 0 Å². The quantitative estimate of drug-likeness (QED) is 0.784. The molecule has 1 amide bonds. The van der Waals surface area contributed by atoms with Gasteiger partial charge in [0.25, 0.3) is 5.56 Å². The predicted molar refractivity (Wildman–Crippen MR) is 72.7 cm³/mol. The minimum Gasteiger partial charge on any atom is -0.375 e. The number of nitrogens with zero attached hydrogens (tertiary/aromatic N) is 1. The third-order valence-electron chi connectivity index (χ3n) is 3.44. The fourth-order valence-electron chi connectivity index (χ4n) is 2.36. The molecule has 110 valence electrons. The van der Waals surface area contributed by atoms with E-state index in [-0.39, 0.29) is 18.4 Å². The van der Waals surface area contributed by atoms with Crippen LogP contribution in [0.5, 0.6) is 0 Å². The van der Waals surface area contributed by atoms with Gasteiger partial charge in [-0.3, -0.25) is 14.6 Å². The van der Waals surface area contributed by atoms with Crippen molar-refractivity contribution in [1.82, 2.24) is 14.9 Å². The molecule has 1 unspecified atom stereocenters. The van der Waals surface area contributed by atoms with E-state index in [2.05, 4.69) is 9.97 Å². The van der Waals surface area contributed by atoms with Crippen LogP contribution in [0.3, 0.4) is 0 Å². The Labute approximate surface area is 116 Å². The molecule has 1 aromatic rings. The molecule has 0 bridgehead atoms. The van der Waals surface area contributed by atoms with Gasteiger partial charge < -0.3 is 14.6 Å². The highest BCUT2D eigenvalue weighted by molar-refractivity contribution is 5.76. The summed E-state index contributed by atoms with van der Waals surface area (Å²) in [6.45, 7) is 5.30.